The minimum Gasteiger partial charge on any atom is -0.0651 e. The zero-order valence-electron chi connectivity index (χ0n) is 9.27. The van der Waals surface area contributed by atoms with Gasteiger partial charge in [0.2, 0.25) is 11.1 Å². The molecule has 0 aliphatic carbocycles. The fourth-order valence-electron chi connectivity index (χ4n) is 1.62. The predicted molar refractivity (Wildman–Crippen MR) is 52.4 cm³/mol. The number of nitroso groups, excluding NO2 is 1. The summed E-state index contributed by atoms with van der Waals surface area (Å²) in [4.78, 5) is 11.8. The summed E-state index contributed by atoms with van der Waals surface area (Å²) in [5, 5.41) is 0. The van der Waals surface area contributed by atoms with Crippen molar-refractivity contribution in [1.29, 1.82) is 0 Å². The Morgan fingerprint density at radius 2 is 1.50 bits per heavy atom. The van der Waals surface area contributed by atoms with Gasteiger partial charge in [-0.1, -0.05) is 6.92 Å². The van der Waals surface area contributed by atoms with Crippen LogP contribution in [-0.2, 0) is 0 Å². The standard InChI is InChI=1S/C10H22NO/c1-7-8-10(5,6)11(12)9(2,3)4/h7-8H2,1-6H3/q+1. The van der Waals surface area contributed by atoms with E-state index in [1.807, 2.05) is 34.6 Å². The van der Waals surface area contributed by atoms with Gasteiger partial charge in [-0.3, -0.25) is 0 Å². The fourth-order valence-corrected chi connectivity index (χ4v) is 1.62. The van der Waals surface area contributed by atoms with Crippen molar-refractivity contribution in [3.8, 4) is 0 Å². The lowest BCUT2D eigenvalue weighted by atomic mass is 9.94. The number of hydrogen-bond donors (Lipinski definition) is 0. The van der Waals surface area contributed by atoms with Crippen LogP contribution in [0.4, 0.5) is 0 Å². The summed E-state index contributed by atoms with van der Waals surface area (Å²) in [5.74, 6) is 0. The monoisotopic (exact) mass is 172 g/mol. The van der Waals surface area contributed by atoms with E-state index in [0.29, 0.717) is 0 Å². The molecule has 12 heavy (non-hydrogen) atoms. The second-order valence-electron chi connectivity index (χ2n) is 5.03. The zero-order chi connectivity index (χ0) is 9.99. The van der Waals surface area contributed by atoms with Crippen LogP contribution in [-0.4, -0.2) is 15.8 Å². The molecule has 0 rings (SSSR count). The van der Waals surface area contributed by atoms with E-state index in [1.54, 1.807) is 0 Å². The topological polar surface area (TPSA) is 20.1 Å². The van der Waals surface area contributed by atoms with Gasteiger partial charge in [-0.2, -0.15) is 0 Å². The zero-order valence-corrected chi connectivity index (χ0v) is 9.27. The van der Waals surface area contributed by atoms with Crippen LogP contribution in [0, 0.1) is 4.91 Å². The lowest BCUT2D eigenvalue weighted by molar-refractivity contribution is -0.679. The fraction of sp³-hybridized carbons (Fsp3) is 1.00. The van der Waals surface area contributed by atoms with Gasteiger partial charge in [-0.05, 0) is 6.42 Å². The van der Waals surface area contributed by atoms with Gasteiger partial charge in [-0.15, -0.1) is 0 Å². The highest BCUT2D eigenvalue weighted by Gasteiger charge is 2.42. The first kappa shape index (κ1) is 11.6. The van der Waals surface area contributed by atoms with E-state index in [-0.39, 0.29) is 11.1 Å². The summed E-state index contributed by atoms with van der Waals surface area (Å²) < 4.78 is 1.21. The molecule has 0 unspecified atom stereocenters. The third kappa shape index (κ3) is 2.92. The van der Waals surface area contributed by atoms with E-state index >= 15 is 0 Å². The van der Waals surface area contributed by atoms with Crippen molar-refractivity contribution in [1.82, 2.24) is 0 Å². The summed E-state index contributed by atoms with van der Waals surface area (Å²) >= 11 is 0. The highest BCUT2D eigenvalue weighted by atomic mass is 16.3. The molecule has 2 heteroatoms. The SMILES string of the molecule is CCCC(C)(C)[N+](=O)C(C)(C)C. The molecule has 0 bridgehead atoms. The Morgan fingerprint density at radius 3 is 1.75 bits per heavy atom. The molecule has 0 N–H and O–H groups in total. The van der Waals surface area contributed by atoms with Gasteiger partial charge in [0.1, 0.15) is 0 Å². The maximum Gasteiger partial charge on any atom is 0.205 e. The van der Waals surface area contributed by atoms with Crippen molar-refractivity contribution in [2.24, 2.45) is 0 Å². The van der Waals surface area contributed by atoms with Crippen LogP contribution in [0.15, 0.2) is 0 Å². The normalized spacial score (nSPS) is 13.2. The Bertz CT molecular complexity index is 165. The molecule has 0 amide bonds. The van der Waals surface area contributed by atoms with Gasteiger partial charge < -0.3 is 0 Å². The first-order chi connectivity index (χ1) is 5.22. The Labute approximate surface area is 75.9 Å². The van der Waals surface area contributed by atoms with Gasteiger partial charge in [0.05, 0.1) is 0 Å². The second-order valence-corrected chi connectivity index (χ2v) is 5.03. The Balaban J connectivity index is 4.46. The molecule has 0 aliphatic rings. The Morgan fingerprint density at radius 1 is 1.08 bits per heavy atom. The lowest BCUT2D eigenvalue weighted by Gasteiger charge is -2.22. The molecule has 0 fully saturated rings. The number of nitrogens with zero attached hydrogens (tertiary/aromatic N) is 1. The molecule has 0 aromatic rings. The van der Waals surface area contributed by atoms with Crippen molar-refractivity contribution >= 4 is 0 Å². The number of rotatable bonds is 3. The average Bonchev–Trinajstić information content (AvgIpc) is 1.84. The summed E-state index contributed by atoms with van der Waals surface area (Å²) in [6.45, 7) is 12.0. The van der Waals surface area contributed by atoms with Gasteiger partial charge in [0.15, 0.2) is 0 Å². The third-order valence-corrected chi connectivity index (χ3v) is 2.02. The van der Waals surface area contributed by atoms with Gasteiger partial charge in [0, 0.05) is 50.7 Å². The Kier molecular flexibility index (Phi) is 3.43. The molecule has 2 nitrogen and oxygen atoms in total. The first-order valence-electron chi connectivity index (χ1n) is 4.69. The van der Waals surface area contributed by atoms with Crippen LogP contribution in [0.3, 0.4) is 0 Å². The molecule has 0 saturated carbocycles. The molecular weight excluding hydrogens is 150 g/mol. The number of hydrogen-bond acceptors (Lipinski definition) is 1. The molecule has 0 saturated heterocycles. The van der Waals surface area contributed by atoms with Crippen LogP contribution >= 0.6 is 0 Å². The van der Waals surface area contributed by atoms with E-state index in [2.05, 4.69) is 6.92 Å². The van der Waals surface area contributed by atoms with Gasteiger partial charge in [-0.25, -0.2) is 0 Å². The van der Waals surface area contributed by atoms with E-state index in [9.17, 15) is 4.91 Å². The summed E-state index contributed by atoms with van der Waals surface area (Å²) in [6, 6.07) is 0. The maximum absolute atomic E-state index is 11.8. The maximum atomic E-state index is 11.8. The molecule has 0 radical (unpaired) electrons. The highest BCUT2D eigenvalue weighted by molar-refractivity contribution is 4.70. The summed E-state index contributed by atoms with van der Waals surface area (Å²) in [7, 11) is 0. The molecule has 0 heterocycles. The third-order valence-electron chi connectivity index (χ3n) is 2.02. The lowest BCUT2D eigenvalue weighted by Crippen LogP contribution is -2.45. The molecule has 0 spiro atoms. The van der Waals surface area contributed by atoms with E-state index < -0.39 is 0 Å². The van der Waals surface area contributed by atoms with Crippen molar-refractivity contribution in [3.05, 3.63) is 4.91 Å². The van der Waals surface area contributed by atoms with Gasteiger partial charge in [0.25, 0.3) is 0 Å². The molecule has 0 atom stereocenters. The Hall–Kier alpha value is -0.400. The molecular formula is C10H22NO+. The van der Waals surface area contributed by atoms with Crippen molar-refractivity contribution in [3.63, 3.8) is 0 Å². The quantitative estimate of drug-likeness (QED) is 0.599. The second kappa shape index (κ2) is 3.55. The van der Waals surface area contributed by atoms with Crippen LogP contribution in [0.1, 0.15) is 54.4 Å². The molecule has 0 aromatic carbocycles. The summed E-state index contributed by atoms with van der Waals surface area (Å²) in [5.41, 5.74) is -0.508. The molecule has 0 aliphatic heterocycles. The van der Waals surface area contributed by atoms with Crippen LogP contribution < -0.4 is 0 Å². The van der Waals surface area contributed by atoms with Gasteiger partial charge >= 0.3 is 0 Å². The largest absolute Gasteiger partial charge is 0.205 e. The van der Waals surface area contributed by atoms with Crippen molar-refractivity contribution in [2.75, 3.05) is 0 Å². The summed E-state index contributed by atoms with van der Waals surface area (Å²) in [6.07, 6.45) is 2.01. The van der Waals surface area contributed by atoms with Crippen LogP contribution in [0.2, 0.25) is 0 Å². The minimum atomic E-state index is -0.279. The average molecular weight is 172 g/mol. The molecule has 0 aromatic heterocycles. The van der Waals surface area contributed by atoms with Crippen LogP contribution in [0.5, 0.6) is 0 Å². The van der Waals surface area contributed by atoms with E-state index in [1.165, 1.54) is 4.76 Å². The van der Waals surface area contributed by atoms with Crippen molar-refractivity contribution < 1.29 is 4.76 Å². The van der Waals surface area contributed by atoms with Crippen molar-refractivity contribution in [2.45, 2.75) is 65.5 Å². The highest BCUT2D eigenvalue weighted by Crippen LogP contribution is 2.22. The van der Waals surface area contributed by atoms with E-state index in [0.717, 1.165) is 12.8 Å². The predicted octanol–water partition coefficient (Wildman–Crippen LogP) is 3.14. The minimum absolute atomic E-state index is 0.229. The van der Waals surface area contributed by atoms with E-state index in [4.69, 9.17) is 0 Å². The smallest absolute Gasteiger partial charge is 0.0651 e. The first-order valence-corrected chi connectivity index (χ1v) is 4.69. The van der Waals surface area contributed by atoms with Crippen LogP contribution in [0.25, 0.3) is 0 Å². The molecule has 72 valence electrons.